The molecular formula is C8H9BClN5O4S. The fourth-order valence-corrected chi connectivity index (χ4v) is 2.98. The minimum atomic E-state index is -3.94. The molecule has 106 valence electrons. The van der Waals surface area contributed by atoms with Crippen LogP contribution in [0.1, 0.15) is 0 Å². The lowest BCUT2D eigenvalue weighted by Crippen LogP contribution is -2.35. The van der Waals surface area contributed by atoms with Gasteiger partial charge >= 0.3 is 7.12 Å². The normalized spacial score (nSPS) is 11.6. The Morgan fingerprint density at radius 2 is 2.15 bits per heavy atom. The number of tetrazole rings is 1. The summed E-state index contributed by atoms with van der Waals surface area (Å²) in [5, 5.41) is 30.4. The van der Waals surface area contributed by atoms with Crippen molar-refractivity contribution >= 4 is 28.7 Å². The molecule has 1 aromatic carbocycles. The fourth-order valence-electron chi connectivity index (χ4n) is 1.40. The molecule has 0 radical (unpaired) electrons. The van der Waals surface area contributed by atoms with Crippen molar-refractivity contribution in [3.05, 3.63) is 23.2 Å². The van der Waals surface area contributed by atoms with Crippen LogP contribution in [-0.4, -0.2) is 52.7 Å². The van der Waals surface area contributed by atoms with Crippen molar-refractivity contribution in [2.45, 2.75) is 4.90 Å². The van der Waals surface area contributed by atoms with Gasteiger partial charge < -0.3 is 10.0 Å². The lowest BCUT2D eigenvalue weighted by atomic mass is 9.94. The summed E-state index contributed by atoms with van der Waals surface area (Å²) in [5.74, 6) is 0.273. The van der Waals surface area contributed by atoms with Gasteiger partial charge in [0.2, 0.25) is 15.8 Å². The third-order valence-corrected chi connectivity index (χ3v) is 4.19. The van der Waals surface area contributed by atoms with Crippen molar-refractivity contribution < 1.29 is 18.5 Å². The van der Waals surface area contributed by atoms with Crippen molar-refractivity contribution in [3.8, 4) is 11.4 Å². The molecule has 0 atom stereocenters. The quantitative estimate of drug-likeness (QED) is 0.508. The van der Waals surface area contributed by atoms with Crippen molar-refractivity contribution in [2.24, 2.45) is 0 Å². The van der Waals surface area contributed by atoms with E-state index in [-0.39, 0.29) is 15.7 Å². The van der Waals surface area contributed by atoms with E-state index in [1.165, 1.54) is 18.2 Å². The number of aromatic amines is 1. The van der Waals surface area contributed by atoms with Crippen LogP contribution in [0.15, 0.2) is 23.1 Å². The van der Waals surface area contributed by atoms with Gasteiger partial charge in [0.15, 0.2) is 0 Å². The molecule has 0 aliphatic heterocycles. The van der Waals surface area contributed by atoms with Crippen LogP contribution in [-0.2, 0) is 10.0 Å². The number of nitrogens with zero attached hydrogens (tertiary/aromatic N) is 3. The Kier molecular flexibility index (Phi) is 4.35. The maximum absolute atomic E-state index is 11.9. The second-order valence-electron chi connectivity index (χ2n) is 3.71. The molecule has 0 bridgehead atoms. The minimum absolute atomic E-state index is 0.0489. The molecule has 0 unspecified atom stereocenters. The molecule has 0 spiro atoms. The van der Waals surface area contributed by atoms with Crippen LogP contribution in [0.4, 0.5) is 0 Å². The monoisotopic (exact) mass is 317 g/mol. The first-order chi connectivity index (χ1) is 9.40. The maximum atomic E-state index is 11.9. The molecule has 12 heteroatoms. The second-order valence-corrected chi connectivity index (χ2v) is 5.86. The van der Waals surface area contributed by atoms with Crippen molar-refractivity contribution in [1.82, 2.24) is 25.3 Å². The minimum Gasteiger partial charge on any atom is -0.426 e. The Hall–Kier alpha value is -1.53. The average Bonchev–Trinajstić information content (AvgIpc) is 2.90. The summed E-state index contributed by atoms with van der Waals surface area (Å²) in [6.07, 6.45) is -0.536. The highest BCUT2D eigenvalue weighted by Crippen LogP contribution is 2.26. The Bertz CT molecular complexity index is 693. The SMILES string of the molecule is O=S(=O)(NCB(O)O)c1ccc(-c2nn[nH]n2)cc1Cl. The summed E-state index contributed by atoms with van der Waals surface area (Å²) in [7, 11) is -5.73. The van der Waals surface area contributed by atoms with Gasteiger partial charge in [-0.1, -0.05) is 11.6 Å². The van der Waals surface area contributed by atoms with Gasteiger partial charge in [-0.2, -0.15) is 5.21 Å². The lowest BCUT2D eigenvalue weighted by Gasteiger charge is -2.08. The largest absolute Gasteiger partial charge is 0.467 e. The smallest absolute Gasteiger partial charge is 0.426 e. The van der Waals surface area contributed by atoms with Crippen molar-refractivity contribution in [3.63, 3.8) is 0 Å². The molecule has 2 aromatic rings. The highest BCUT2D eigenvalue weighted by molar-refractivity contribution is 7.89. The Balaban J connectivity index is 2.30. The van der Waals surface area contributed by atoms with E-state index in [0.29, 0.717) is 5.56 Å². The van der Waals surface area contributed by atoms with Gasteiger partial charge in [0.1, 0.15) is 4.90 Å². The van der Waals surface area contributed by atoms with Gasteiger partial charge in [0, 0.05) is 12.0 Å². The molecule has 0 aliphatic rings. The van der Waals surface area contributed by atoms with E-state index in [2.05, 4.69) is 20.6 Å². The Labute approximate surface area is 119 Å². The maximum Gasteiger partial charge on any atom is 0.467 e. The number of sulfonamides is 1. The first kappa shape index (κ1) is 14.9. The zero-order valence-electron chi connectivity index (χ0n) is 9.86. The molecule has 0 saturated carbocycles. The molecule has 9 nitrogen and oxygen atoms in total. The highest BCUT2D eigenvalue weighted by atomic mass is 35.5. The number of hydrogen-bond acceptors (Lipinski definition) is 7. The first-order valence-corrected chi connectivity index (χ1v) is 7.15. The van der Waals surface area contributed by atoms with E-state index in [1.807, 2.05) is 4.72 Å². The van der Waals surface area contributed by atoms with E-state index < -0.39 is 23.6 Å². The number of rotatable bonds is 5. The number of hydrogen-bond donors (Lipinski definition) is 4. The molecule has 0 fully saturated rings. The predicted molar refractivity (Wildman–Crippen MR) is 70.0 cm³/mol. The van der Waals surface area contributed by atoms with E-state index in [9.17, 15) is 8.42 Å². The first-order valence-electron chi connectivity index (χ1n) is 5.29. The van der Waals surface area contributed by atoms with Crippen LogP contribution < -0.4 is 4.72 Å². The molecule has 0 amide bonds. The van der Waals surface area contributed by atoms with E-state index in [1.54, 1.807) is 0 Å². The Morgan fingerprint density at radius 1 is 1.40 bits per heavy atom. The molecule has 0 aliphatic carbocycles. The summed E-state index contributed by atoms with van der Waals surface area (Å²) in [5.41, 5.74) is 0.491. The van der Waals surface area contributed by atoms with E-state index in [4.69, 9.17) is 21.6 Å². The summed E-state index contributed by atoms with van der Waals surface area (Å²) in [6, 6.07) is 4.09. The van der Waals surface area contributed by atoms with Gasteiger partial charge in [-0.3, -0.25) is 0 Å². The van der Waals surface area contributed by atoms with Crippen LogP contribution in [0.2, 0.25) is 5.02 Å². The van der Waals surface area contributed by atoms with Crippen LogP contribution in [0.3, 0.4) is 0 Å². The molecule has 0 saturated heterocycles. The number of nitrogens with one attached hydrogen (secondary N) is 2. The molecule has 2 rings (SSSR count). The molecular weight excluding hydrogens is 308 g/mol. The molecule has 1 aromatic heterocycles. The van der Waals surface area contributed by atoms with Gasteiger partial charge in [-0.25, -0.2) is 13.1 Å². The van der Waals surface area contributed by atoms with Gasteiger partial charge in [-0.05, 0) is 23.4 Å². The second kappa shape index (κ2) is 5.85. The number of benzene rings is 1. The third kappa shape index (κ3) is 3.32. The molecule has 20 heavy (non-hydrogen) atoms. The summed E-state index contributed by atoms with van der Waals surface area (Å²) >= 11 is 5.92. The lowest BCUT2D eigenvalue weighted by molar-refractivity contribution is 0.404. The van der Waals surface area contributed by atoms with E-state index >= 15 is 0 Å². The van der Waals surface area contributed by atoms with Gasteiger partial charge in [0.05, 0.1) is 5.02 Å². The number of H-pyrrole nitrogens is 1. The van der Waals surface area contributed by atoms with E-state index in [0.717, 1.165) is 0 Å². The topological polar surface area (TPSA) is 141 Å². The Morgan fingerprint density at radius 3 is 2.70 bits per heavy atom. The average molecular weight is 318 g/mol. The zero-order chi connectivity index (χ0) is 14.8. The summed E-state index contributed by atoms with van der Waals surface area (Å²) in [6.45, 7) is 0. The molecule has 1 heterocycles. The zero-order valence-corrected chi connectivity index (χ0v) is 11.4. The fraction of sp³-hybridized carbons (Fsp3) is 0.125. The summed E-state index contributed by atoms with van der Waals surface area (Å²) in [4.78, 5) is -0.188. The van der Waals surface area contributed by atoms with Crippen LogP contribution in [0, 0.1) is 0 Å². The molecule has 4 N–H and O–H groups in total. The van der Waals surface area contributed by atoms with Crippen LogP contribution in [0.25, 0.3) is 11.4 Å². The number of aromatic nitrogens is 4. The van der Waals surface area contributed by atoms with Crippen molar-refractivity contribution in [2.75, 3.05) is 6.44 Å². The predicted octanol–water partition coefficient (Wildman–Crippen LogP) is -1.19. The van der Waals surface area contributed by atoms with Gasteiger partial charge in [0.25, 0.3) is 0 Å². The third-order valence-electron chi connectivity index (χ3n) is 2.28. The van der Waals surface area contributed by atoms with Gasteiger partial charge in [-0.15, -0.1) is 10.2 Å². The van der Waals surface area contributed by atoms with Crippen molar-refractivity contribution in [1.29, 1.82) is 0 Å². The van der Waals surface area contributed by atoms with Crippen LogP contribution in [0.5, 0.6) is 0 Å². The summed E-state index contributed by atoms with van der Waals surface area (Å²) < 4.78 is 25.8. The number of halogens is 1. The standard InChI is InChI=1S/C8H9BClN5O4S/c10-6-3-5(8-12-14-15-13-8)1-2-7(6)20(18,19)11-4-9(16)17/h1-3,11,16-17H,4H2,(H,12,13,14,15). The highest BCUT2D eigenvalue weighted by Gasteiger charge is 2.21. The van der Waals surface area contributed by atoms with Crippen LogP contribution >= 0.6 is 11.6 Å².